The van der Waals surface area contributed by atoms with Crippen LogP contribution in [0.15, 0.2) is 18.2 Å². The van der Waals surface area contributed by atoms with Gasteiger partial charge in [0.05, 0.1) is 10.7 Å². The number of nitrogens with one attached hydrogen (secondary N) is 1. The van der Waals surface area contributed by atoms with Crippen LogP contribution in [0.2, 0.25) is 10.0 Å². The van der Waals surface area contributed by atoms with Crippen molar-refractivity contribution in [2.45, 2.75) is 18.9 Å². The van der Waals surface area contributed by atoms with Crippen LogP contribution in [0.25, 0.3) is 0 Å². The zero-order chi connectivity index (χ0) is 14.0. The Morgan fingerprint density at radius 1 is 1.37 bits per heavy atom. The third kappa shape index (κ3) is 3.11. The highest BCUT2D eigenvalue weighted by Gasteiger charge is 2.34. The highest BCUT2D eigenvalue weighted by atomic mass is 35.5. The van der Waals surface area contributed by atoms with Crippen molar-refractivity contribution in [3.8, 4) is 0 Å². The topological polar surface area (TPSA) is 69.6 Å². The third-order valence-electron chi connectivity index (χ3n) is 2.97. The zero-order valence-corrected chi connectivity index (χ0v) is 11.4. The van der Waals surface area contributed by atoms with E-state index in [1.165, 1.54) is 11.0 Å². The van der Waals surface area contributed by atoms with E-state index < -0.39 is 18.0 Å². The molecule has 5 nitrogen and oxygen atoms in total. The molecule has 1 aliphatic heterocycles. The summed E-state index contributed by atoms with van der Waals surface area (Å²) in [6.45, 7) is 0.418. The number of anilines is 1. The van der Waals surface area contributed by atoms with Crippen molar-refractivity contribution in [1.29, 1.82) is 0 Å². The first-order valence-corrected chi connectivity index (χ1v) is 6.50. The van der Waals surface area contributed by atoms with E-state index in [0.717, 1.165) is 0 Å². The smallest absolute Gasteiger partial charge is 0.326 e. The molecule has 0 spiro atoms. The quantitative estimate of drug-likeness (QED) is 0.882. The van der Waals surface area contributed by atoms with Crippen molar-refractivity contribution >= 4 is 40.9 Å². The largest absolute Gasteiger partial charge is 0.480 e. The van der Waals surface area contributed by atoms with Crippen LogP contribution in [0.1, 0.15) is 12.8 Å². The molecule has 1 aromatic carbocycles. The molecule has 102 valence electrons. The zero-order valence-electron chi connectivity index (χ0n) is 9.90. The minimum atomic E-state index is -0.996. The molecule has 1 aromatic rings. The summed E-state index contributed by atoms with van der Waals surface area (Å²) >= 11 is 11.8. The van der Waals surface area contributed by atoms with E-state index in [2.05, 4.69) is 5.32 Å². The van der Waals surface area contributed by atoms with E-state index in [9.17, 15) is 9.59 Å². The second-order valence-electron chi connectivity index (χ2n) is 4.24. The van der Waals surface area contributed by atoms with Crippen LogP contribution in [0.5, 0.6) is 0 Å². The lowest BCUT2D eigenvalue weighted by Gasteiger charge is -2.22. The fourth-order valence-electron chi connectivity index (χ4n) is 2.05. The molecule has 0 bridgehead atoms. The van der Waals surface area contributed by atoms with Gasteiger partial charge in [0.15, 0.2) is 0 Å². The highest BCUT2D eigenvalue weighted by Crippen LogP contribution is 2.26. The number of hydrogen-bond donors (Lipinski definition) is 2. The van der Waals surface area contributed by atoms with Crippen LogP contribution in [0.4, 0.5) is 10.5 Å². The minimum Gasteiger partial charge on any atom is -0.480 e. The predicted octanol–water partition coefficient (Wildman–Crippen LogP) is 3.07. The van der Waals surface area contributed by atoms with Gasteiger partial charge in [-0.15, -0.1) is 0 Å². The molecule has 0 aliphatic carbocycles. The number of aliphatic carboxylic acids is 1. The van der Waals surface area contributed by atoms with Gasteiger partial charge in [0, 0.05) is 11.6 Å². The summed E-state index contributed by atoms with van der Waals surface area (Å²) < 4.78 is 0. The van der Waals surface area contributed by atoms with Crippen LogP contribution >= 0.6 is 23.2 Å². The Morgan fingerprint density at radius 2 is 2.11 bits per heavy atom. The Balaban J connectivity index is 2.12. The molecule has 1 atom stereocenters. The van der Waals surface area contributed by atoms with Gasteiger partial charge >= 0.3 is 12.0 Å². The molecule has 2 rings (SSSR count). The molecule has 1 saturated heterocycles. The molecule has 19 heavy (non-hydrogen) atoms. The number of nitrogens with zero attached hydrogens (tertiary/aromatic N) is 1. The van der Waals surface area contributed by atoms with Gasteiger partial charge in [-0.1, -0.05) is 23.2 Å². The SMILES string of the molecule is O=C(O)[C@@H]1CCCN1C(=O)Nc1cc(Cl)ccc1Cl. The molecule has 1 aliphatic rings. The fraction of sp³-hybridized carbons (Fsp3) is 0.333. The van der Waals surface area contributed by atoms with E-state index >= 15 is 0 Å². The lowest BCUT2D eigenvalue weighted by molar-refractivity contribution is -0.141. The summed E-state index contributed by atoms with van der Waals surface area (Å²) in [6.07, 6.45) is 1.14. The number of carbonyl (C=O) groups is 2. The number of benzene rings is 1. The van der Waals surface area contributed by atoms with E-state index in [0.29, 0.717) is 35.1 Å². The van der Waals surface area contributed by atoms with Crippen LogP contribution in [0.3, 0.4) is 0 Å². The second-order valence-corrected chi connectivity index (χ2v) is 5.09. The maximum absolute atomic E-state index is 12.0. The Bertz CT molecular complexity index is 522. The Morgan fingerprint density at radius 3 is 2.79 bits per heavy atom. The number of carboxylic acid groups (broad SMARTS) is 1. The van der Waals surface area contributed by atoms with Gasteiger partial charge in [-0.05, 0) is 31.0 Å². The number of rotatable bonds is 2. The van der Waals surface area contributed by atoms with Crippen molar-refractivity contribution in [2.24, 2.45) is 0 Å². The molecule has 0 saturated carbocycles. The first kappa shape index (κ1) is 14.0. The average Bonchev–Trinajstić information content (AvgIpc) is 2.83. The summed E-state index contributed by atoms with van der Waals surface area (Å²) in [4.78, 5) is 24.4. The van der Waals surface area contributed by atoms with Crippen molar-refractivity contribution < 1.29 is 14.7 Å². The molecule has 7 heteroatoms. The number of amides is 2. The summed E-state index contributed by atoms with van der Waals surface area (Å²) in [5.74, 6) is -0.996. The molecule has 0 radical (unpaired) electrons. The van der Waals surface area contributed by atoms with Crippen molar-refractivity contribution in [2.75, 3.05) is 11.9 Å². The van der Waals surface area contributed by atoms with Crippen LogP contribution < -0.4 is 5.32 Å². The molecule has 2 amide bonds. The molecule has 0 unspecified atom stereocenters. The van der Waals surface area contributed by atoms with E-state index in [4.69, 9.17) is 28.3 Å². The third-order valence-corrected chi connectivity index (χ3v) is 3.53. The highest BCUT2D eigenvalue weighted by molar-refractivity contribution is 6.35. The van der Waals surface area contributed by atoms with Crippen molar-refractivity contribution in [3.05, 3.63) is 28.2 Å². The van der Waals surface area contributed by atoms with Gasteiger partial charge in [-0.25, -0.2) is 9.59 Å². The van der Waals surface area contributed by atoms with Crippen LogP contribution in [-0.2, 0) is 4.79 Å². The number of urea groups is 1. The molecular weight excluding hydrogens is 291 g/mol. The van der Waals surface area contributed by atoms with Gasteiger partial charge in [0.1, 0.15) is 6.04 Å². The molecule has 0 aromatic heterocycles. The van der Waals surface area contributed by atoms with E-state index in [-0.39, 0.29) is 0 Å². The maximum Gasteiger partial charge on any atom is 0.326 e. The number of halogens is 2. The lowest BCUT2D eigenvalue weighted by atomic mass is 10.2. The fourth-order valence-corrected chi connectivity index (χ4v) is 2.38. The Hall–Kier alpha value is -1.46. The van der Waals surface area contributed by atoms with Crippen molar-refractivity contribution in [1.82, 2.24) is 4.90 Å². The standard InChI is InChI=1S/C12H12Cl2N2O3/c13-7-3-4-8(14)9(6-7)15-12(19)16-5-1-2-10(16)11(17)18/h3-4,6,10H,1-2,5H2,(H,15,19)(H,17,18)/t10-/m0/s1. The van der Waals surface area contributed by atoms with Crippen LogP contribution in [0, 0.1) is 0 Å². The van der Waals surface area contributed by atoms with Gasteiger partial charge in [-0.3, -0.25) is 0 Å². The average molecular weight is 303 g/mol. The number of carbonyl (C=O) groups excluding carboxylic acids is 1. The second kappa shape index (κ2) is 5.67. The number of carboxylic acids is 1. The summed E-state index contributed by atoms with van der Waals surface area (Å²) in [6, 6.07) is 3.44. The van der Waals surface area contributed by atoms with Crippen LogP contribution in [-0.4, -0.2) is 34.6 Å². The first-order valence-electron chi connectivity index (χ1n) is 5.74. The van der Waals surface area contributed by atoms with Gasteiger partial charge in [-0.2, -0.15) is 0 Å². The summed E-state index contributed by atoms with van der Waals surface area (Å²) in [7, 11) is 0. The van der Waals surface area contributed by atoms with Crippen molar-refractivity contribution in [3.63, 3.8) is 0 Å². The normalized spacial score (nSPS) is 18.4. The summed E-state index contributed by atoms with van der Waals surface area (Å²) in [5, 5.41) is 12.4. The van der Waals surface area contributed by atoms with Gasteiger partial charge in [0.2, 0.25) is 0 Å². The Kier molecular flexibility index (Phi) is 4.17. The molecule has 1 heterocycles. The van der Waals surface area contributed by atoms with E-state index in [1.807, 2.05) is 0 Å². The number of hydrogen-bond acceptors (Lipinski definition) is 2. The molecule has 1 fully saturated rings. The minimum absolute atomic E-state index is 0.351. The van der Waals surface area contributed by atoms with Gasteiger partial charge in [0.25, 0.3) is 0 Å². The molecular formula is C12H12Cl2N2O3. The van der Waals surface area contributed by atoms with Gasteiger partial charge < -0.3 is 15.3 Å². The Labute approximate surface area is 120 Å². The number of likely N-dealkylation sites (tertiary alicyclic amines) is 1. The predicted molar refractivity (Wildman–Crippen MR) is 72.8 cm³/mol. The molecule has 2 N–H and O–H groups in total. The first-order chi connectivity index (χ1) is 8.99. The monoisotopic (exact) mass is 302 g/mol. The lowest BCUT2D eigenvalue weighted by Crippen LogP contribution is -2.42. The summed E-state index contributed by atoms with van der Waals surface area (Å²) in [5.41, 5.74) is 0.371. The maximum atomic E-state index is 12.0. The van der Waals surface area contributed by atoms with E-state index in [1.54, 1.807) is 12.1 Å².